The van der Waals surface area contributed by atoms with E-state index >= 15 is 0 Å². The molecule has 0 saturated heterocycles. The van der Waals surface area contributed by atoms with Gasteiger partial charge in [-0.15, -0.1) is 0 Å². The average molecular weight is 336 g/mol. The van der Waals surface area contributed by atoms with Crippen LogP contribution in [0.2, 0.25) is 0 Å². The van der Waals surface area contributed by atoms with Gasteiger partial charge in [-0.1, -0.05) is 62.9 Å². The van der Waals surface area contributed by atoms with Gasteiger partial charge in [-0.05, 0) is 53.6 Å². The van der Waals surface area contributed by atoms with Crippen molar-refractivity contribution >= 4 is 5.78 Å². The molecule has 0 unspecified atom stereocenters. The van der Waals surface area contributed by atoms with Crippen LogP contribution in [0.4, 0.5) is 0 Å². The average Bonchev–Trinajstić information content (AvgIpc) is 2.97. The van der Waals surface area contributed by atoms with E-state index in [-0.39, 0.29) is 5.78 Å². The van der Waals surface area contributed by atoms with Gasteiger partial charge in [-0.2, -0.15) is 0 Å². The molecule has 0 fully saturated rings. The van der Waals surface area contributed by atoms with Gasteiger partial charge < -0.3 is 4.74 Å². The Labute approximate surface area is 151 Å². The highest BCUT2D eigenvalue weighted by Crippen LogP contribution is 2.37. The van der Waals surface area contributed by atoms with Gasteiger partial charge in [0.15, 0.2) is 5.78 Å². The molecule has 2 aromatic rings. The molecule has 0 saturated carbocycles. The molecule has 0 radical (unpaired) electrons. The first kappa shape index (κ1) is 17.9. The summed E-state index contributed by atoms with van der Waals surface area (Å²) in [5, 5.41) is 0. The molecule has 0 bridgehead atoms. The lowest BCUT2D eigenvalue weighted by Gasteiger charge is -2.07. The van der Waals surface area contributed by atoms with Gasteiger partial charge in [0.1, 0.15) is 0 Å². The number of hydrogen-bond donors (Lipinski definition) is 0. The zero-order valence-corrected chi connectivity index (χ0v) is 15.4. The largest absolute Gasteiger partial charge is 0.377 e. The summed E-state index contributed by atoms with van der Waals surface area (Å²) in [6.45, 7) is 5.41. The summed E-state index contributed by atoms with van der Waals surface area (Å²) in [7, 11) is 0. The van der Waals surface area contributed by atoms with Crippen molar-refractivity contribution in [2.75, 3.05) is 6.61 Å². The van der Waals surface area contributed by atoms with Crippen LogP contribution in [0.3, 0.4) is 0 Å². The van der Waals surface area contributed by atoms with E-state index in [0.717, 1.165) is 25.0 Å². The van der Waals surface area contributed by atoms with E-state index in [1.807, 2.05) is 12.1 Å². The maximum Gasteiger partial charge on any atom is 0.159 e. The van der Waals surface area contributed by atoms with Gasteiger partial charge in [0.05, 0.1) is 6.61 Å². The van der Waals surface area contributed by atoms with Crippen molar-refractivity contribution in [2.45, 2.75) is 59.0 Å². The fraction of sp³-hybridized carbons (Fsp3) is 0.435. The second-order valence-electron chi connectivity index (χ2n) is 7.06. The van der Waals surface area contributed by atoms with Crippen molar-refractivity contribution in [3.63, 3.8) is 0 Å². The molecule has 0 heterocycles. The predicted molar refractivity (Wildman–Crippen MR) is 103 cm³/mol. The van der Waals surface area contributed by atoms with Gasteiger partial charge >= 0.3 is 0 Å². The lowest BCUT2D eigenvalue weighted by Crippen LogP contribution is -1.96. The van der Waals surface area contributed by atoms with Gasteiger partial charge in [0.2, 0.25) is 0 Å². The molecule has 132 valence electrons. The Morgan fingerprint density at radius 3 is 2.44 bits per heavy atom. The normalized spacial score (nSPS) is 12.1. The number of ether oxygens (including phenoxy) is 1. The quantitative estimate of drug-likeness (QED) is 0.356. The molecule has 0 amide bonds. The van der Waals surface area contributed by atoms with Gasteiger partial charge in [-0.25, -0.2) is 0 Å². The number of unbranched alkanes of at least 4 members (excludes halogenated alkanes) is 4. The molecule has 1 aliphatic rings. The molecular formula is C23H28O2. The third kappa shape index (κ3) is 4.38. The van der Waals surface area contributed by atoms with Crippen molar-refractivity contribution in [1.82, 2.24) is 0 Å². The van der Waals surface area contributed by atoms with Crippen LogP contribution in [0, 0.1) is 0 Å². The second kappa shape index (κ2) is 8.44. The number of benzene rings is 2. The van der Waals surface area contributed by atoms with Crippen molar-refractivity contribution in [3.05, 3.63) is 58.7 Å². The van der Waals surface area contributed by atoms with Crippen molar-refractivity contribution in [1.29, 1.82) is 0 Å². The number of hydrogen-bond acceptors (Lipinski definition) is 2. The van der Waals surface area contributed by atoms with Crippen molar-refractivity contribution in [2.24, 2.45) is 0 Å². The fourth-order valence-corrected chi connectivity index (χ4v) is 3.57. The number of carbonyl (C=O) groups excluding carboxylic acids is 1. The minimum atomic E-state index is 0.131. The molecule has 2 nitrogen and oxygen atoms in total. The zero-order valence-electron chi connectivity index (χ0n) is 15.4. The topological polar surface area (TPSA) is 26.3 Å². The minimum absolute atomic E-state index is 0.131. The molecule has 2 heteroatoms. The van der Waals surface area contributed by atoms with E-state index in [2.05, 4.69) is 31.2 Å². The highest BCUT2D eigenvalue weighted by atomic mass is 16.5. The molecule has 2 aromatic carbocycles. The lowest BCUT2D eigenvalue weighted by molar-refractivity contribution is 0.101. The van der Waals surface area contributed by atoms with Crippen LogP contribution in [0.15, 0.2) is 36.4 Å². The lowest BCUT2D eigenvalue weighted by atomic mass is 10.0. The van der Waals surface area contributed by atoms with Crippen LogP contribution in [-0.4, -0.2) is 12.4 Å². The first-order chi connectivity index (χ1) is 12.2. The number of fused-ring (bicyclic) bond motifs is 3. The Morgan fingerprint density at radius 2 is 1.68 bits per heavy atom. The Kier molecular flexibility index (Phi) is 6.04. The van der Waals surface area contributed by atoms with E-state index < -0.39 is 0 Å². The maximum atomic E-state index is 11.6. The van der Waals surface area contributed by atoms with E-state index in [1.54, 1.807) is 6.92 Å². The van der Waals surface area contributed by atoms with Crippen LogP contribution in [0.25, 0.3) is 11.1 Å². The smallest absolute Gasteiger partial charge is 0.159 e. The van der Waals surface area contributed by atoms with Gasteiger partial charge in [-0.3, -0.25) is 4.79 Å². The zero-order chi connectivity index (χ0) is 17.6. The number of ketones is 1. The van der Waals surface area contributed by atoms with E-state index in [1.165, 1.54) is 53.5 Å². The number of Topliss-reactive ketones (excluding diaryl/α,β-unsaturated/α-hetero) is 1. The fourth-order valence-electron chi connectivity index (χ4n) is 3.57. The molecule has 0 N–H and O–H groups in total. The van der Waals surface area contributed by atoms with Crippen molar-refractivity contribution < 1.29 is 9.53 Å². The Balaban J connectivity index is 1.57. The van der Waals surface area contributed by atoms with Gasteiger partial charge in [0.25, 0.3) is 0 Å². The highest BCUT2D eigenvalue weighted by molar-refractivity contribution is 5.95. The Morgan fingerprint density at radius 1 is 0.960 bits per heavy atom. The van der Waals surface area contributed by atoms with Crippen LogP contribution >= 0.6 is 0 Å². The predicted octanol–water partition coefficient (Wildman–Crippen LogP) is 5.95. The summed E-state index contributed by atoms with van der Waals surface area (Å²) in [6.07, 6.45) is 7.27. The Bertz CT molecular complexity index is 746. The second-order valence-corrected chi connectivity index (χ2v) is 7.06. The van der Waals surface area contributed by atoms with Crippen LogP contribution in [-0.2, 0) is 17.8 Å². The van der Waals surface area contributed by atoms with Crippen LogP contribution in [0.5, 0.6) is 0 Å². The maximum absolute atomic E-state index is 11.6. The molecule has 25 heavy (non-hydrogen) atoms. The summed E-state index contributed by atoms with van der Waals surface area (Å²) < 4.78 is 5.84. The summed E-state index contributed by atoms with van der Waals surface area (Å²) >= 11 is 0. The SMILES string of the molecule is CCCCCCCOCc1ccc2c(c1)Cc1cc(C(C)=O)ccc1-2. The summed E-state index contributed by atoms with van der Waals surface area (Å²) in [5.74, 6) is 0.131. The highest BCUT2D eigenvalue weighted by Gasteiger charge is 2.19. The molecule has 3 rings (SSSR count). The van der Waals surface area contributed by atoms with Crippen LogP contribution in [0.1, 0.15) is 73.0 Å². The van der Waals surface area contributed by atoms with Crippen molar-refractivity contribution in [3.8, 4) is 11.1 Å². The first-order valence-electron chi connectivity index (χ1n) is 9.53. The van der Waals surface area contributed by atoms with Crippen LogP contribution < -0.4 is 0 Å². The van der Waals surface area contributed by atoms with Gasteiger partial charge in [0, 0.05) is 12.2 Å². The summed E-state index contributed by atoms with van der Waals surface area (Å²) in [5.41, 5.74) is 7.22. The summed E-state index contributed by atoms with van der Waals surface area (Å²) in [6, 6.07) is 12.7. The monoisotopic (exact) mass is 336 g/mol. The Hall–Kier alpha value is -1.93. The molecule has 0 atom stereocenters. The van der Waals surface area contributed by atoms with E-state index in [9.17, 15) is 4.79 Å². The number of carbonyl (C=O) groups is 1. The molecule has 1 aliphatic carbocycles. The molecule has 0 aliphatic heterocycles. The standard InChI is InChI=1S/C23H28O2/c1-3-4-5-6-7-12-25-16-18-8-10-22-20(13-18)15-21-14-19(17(2)24)9-11-23(21)22/h8-11,13-14H,3-7,12,15-16H2,1-2H3. The van der Waals surface area contributed by atoms with E-state index in [0.29, 0.717) is 6.61 Å². The number of rotatable bonds is 9. The van der Waals surface area contributed by atoms with E-state index in [4.69, 9.17) is 4.74 Å². The molecular weight excluding hydrogens is 308 g/mol. The molecule has 0 aromatic heterocycles. The first-order valence-corrected chi connectivity index (χ1v) is 9.53. The molecule has 0 spiro atoms. The third-order valence-electron chi connectivity index (χ3n) is 5.01. The summed E-state index contributed by atoms with van der Waals surface area (Å²) in [4.78, 5) is 11.6. The third-order valence-corrected chi connectivity index (χ3v) is 5.01. The minimum Gasteiger partial charge on any atom is -0.377 e.